The van der Waals surface area contributed by atoms with Crippen molar-refractivity contribution in [3.8, 4) is 5.75 Å². The standard InChI is InChI=1S/C26H44O3/c1-3-4-5-6-7-8-9-10-11-12-13-14-15-16-23-29-26(27)22-19-24-17-20-25(28-2)21-18-24/h17-18,20-21H,3-16,19,22-23H2,1-2H3. The van der Waals surface area contributed by atoms with Gasteiger partial charge in [-0.25, -0.2) is 0 Å². The van der Waals surface area contributed by atoms with Gasteiger partial charge in [0.05, 0.1) is 13.7 Å². The fourth-order valence-corrected chi connectivity index (χ4v) is 3.59. The third kappa shape index (κ3) is 15.1. The molecule has 3 heteroatoms. The summed E-state index contributed by atoms with van der Waals surface area (Å²) in [6.07, 6.45) is 19.9. The number of carbonyl (C=O) groups is 1. The van der Waals surface area contributed by atoms with E-state index in [1.807, 2.05) is 24.3 Å². The number of aryl methyl sites for hydroxylation is 1. The van der Waals surface area contributed by atoms with E-state index in [4.69, 9.17) is 9.47 Å². The average Bonchev–Trinajstić information content (AvgIpc) is 2.75. The maximum absolute atomic E-state index is 11.8. The summed E-state index contributed by atoms with van der Waals surface area (Å²) in [6, 6.07) is 7.85. The second-order valence-corrected chi connectivity index (χ2v) is 8.16. The van der Waals surface area contributed by atoms with Crippen LogP contribution in [0.1, 0.15) is 109 Å². The molecule has 0 N–H and O–H groups in total. The molecule has 0 radical (unpaired) electrons. The van der Waals surface area contributed by atoms with Gasteiger partial charge in [0.1, 0.15) is 5.75 Å². The number of ether oxygens (including phenoxy) is 2. The largest absolute Gasteiger partial charge is 0.497 e. The van der Waals surface area contributed by atoms with E-state index >= 15 is 0 Å². The average molecular weight is 405 g/mol. The molecular formula is C26H44O3. The summed E-state index contributed by atoms with van der Waals surface area (Å²) in [5, 5.41) is 0. The van der Waals surface area contributed by atoms with Gasteiger partial charge in [-0.05, 0) is 30.5 Å². The van der Waals surface area contributed by atoms with Crippen molar-refractivity contribution in [3.63, 3.8) is 0 Å². The van der Waals surface area contributed by atoms with Gasteiger partial charge < -0.3 is 9.47 Å². The highest BCUT2D eigenvalue weighted by atomic mass is 16.5. The second kappa shape index (κ2) is 18.5. The minimum atomic E-state index is -0.0875. The van der Waals surface area contributed by atoms with Gasteiger partial charge in [0.2, 0.25) is 0 Å². The van der Waals surface area contributed by atoms with E-state index in [2.05, 4.69) is 6.92 Å². The highest BCUT2D eigenvalue weighted by Crippen LogP contribution is 2.14. The Hall–Kier alpha value is -1.51. The van der Waals surface area contributed by atoms with Crippen LogP contribution in [-0.2, 0) is 16.0 Å². The fraction of sp³-hybridized carbons (Fsp3) is 0.731. The van der Waals surface area contributed by atoms with Crippen molar-refractivity contribution in [2.24, 2.45) is 0 Å². The van der Waals surface area contributed by atoms with Crippen LogP contribution >= 0.6 is 0 Å². The Bertz CT molecular complexity index is 495. The highest BCUT2D eigenvalue weighted by molar-refractivity contribution is 5.69. The van der Waals surface area contributed by atoms with Gasteiger partial charge in [0.15, 0.2) is 0 Å². The molecule has 0 saturated heterocycles. The molecule has 0 amide bonds. The maximum Gasteiger partial charge on any atom is 0.306 e. The number of unbranched alkanes of at least 4 members (excludes halogenated alkanes) is 13. The van der Waals surface area contributed by atoms with Gasteiger partial charge in [-0.3, -0.25) is 4.79 Å². The molecule has 29 heavy (non-hydrogen) atoms. The van der Waals surface area contributed by atoms with Gasteiger partial charge >= 0.3 is 5.97 Å². The minimum absolute atomic E-state index is 0.0875. The lowest BCUT2D eigenvalue weighted by Crippen LogP contribution is -2.07. The van der Waals surface area contributed by atoms with Crippen LogP contribution in [0.2, 0.25) is 0 Å². The summed E-state index contributed by atoms with van der Waals surface area (Å²) in [5.74, 6) is 0.754. The Morgan fingerprint density at radius 1 is 0.724 bits per heavy atom. The molecule has 0 bridgehead atoms. The summed E-state index contributed by atoms with van der Waals surface area (Å²) in [5.41, 5.74) is 1.14. The molecule has 0 atom stereocenters. The number of hydrogen-bond donors (Lipinski definition) is 0. The Labute approximate surface area is 179 Å². The van der Waals surface area contributed by atoms with E-state index in [0.29, 0.717) is 13.0 Å². The number of benzene rings is 1. The zero-order valence-corrected chi connectivity index (χ0v) is 19.1. The van der Waals surface area contributed by atoms with Crippen LogP contribution in [0.25, 0.3) is 0 Å². The molecule has 0 spiro atoms. The number of methoxy groups -OCH3 is 1. The number of esters is 1. The molecule has 0 aliphatic rings. The molecular weight excluding hydrogens is 360 g/mol. The SMILES string of the molecule is CCCCCCCCCCCCCCCCOC(=O)CCc1ccc(OC)cc1. The van der Waals surface area contributed by atoms with Crippen molar-refractivity contribution < 1.29 is 14.3 Å². The van der Waals surface area contributed by atoms with Gasteiger partial charge in [0, 0.05) is 6.42 Å². The Morgan fingerprint density at radius 3 is 1.69 bits per heavy atom. The van der Waals surface area contributed by atoms with Crippen LogP contribution in [0.3, 0.4) is 0 Å². The first-order valence-electron chi connectivity index (χ1n) is 12.0. The Kier molecular flexibility index (Phi) is 16.3. The first kappa shape index (κ1) is 25.5. The molecule has 166 valence electrons. The van der Waals surface area contributed by atoms with E-state index in [9.17, 15) is 4.79 Å². The van der Waals surface area contributed by atoms with Crippen molar-refractivity contribution >= 4 is 5.97 Å². The molecule has 0 heterocycles. The smallest absolute Gasteiger partial charge is 0.306 e. The van der Waals surface area contributed by atoms with E-state index in [-0.39, 0.29) is 5.97 Å². The lowest BCUT2D eigenvalue weighted by atomic mass is 10.0. The van der Waals surface area contributed by atoms with E-state index in [1.165, 1.54) is 83.5 Å². The monoisotopic (exact) mass is 404 g/mol. The van der Waals surface area contributed by atoms with Crippen LogP contribution in [0.15, 0.2) is 24.3 Å². The quantitative estimate of drug-likeness (QED) is 0.175. The zero-order chi connectivity index (χ0) is 21.0. The topological polar surface area (TPSA) is 35.5 Å². The van der Waals surface area contributed by atoms with Gasteiger partial charge in [-0.1, -0.05) is 103 Å². The zero-order valence-electron chi connectivity index (χ0n) is 19.1. The number of hydrogen-bond acceptors (Lipinski definition) is 3. The van der Waals surface area contributed by atoms with E-state index < -0.39 is 0 Å². The molecule has 0 aliphatic heterocycles. The van der Waals surface area contributed by atoms with Crippen LogP contribution in [0.4, 0.5) is 0 Å². The molecule has 1 aromatic rings. The number of carbonyl (C=O) groups excluding carboxylic acids is 1. The van der Waals surface area contributed by atoms with Crippen LogP contribution < -0.4 is 4.74 Å². The first-order valence-corrected chi connectivity index (χ1v) is 12.0. The molecule has 0 unspecified atom stereocenters. The third-order valence-electron chi connectivity index (χ3n) is 5.54. The van der Waals surface area contributed by atoms with Crippen molar-refractivity contribution in [2.75, 3.05) is 13.7 Å². The fourth-order valence-electron chi connectivity index (χ4n) is 3.59. The van der Waals surface area contributed by atoms with Crippen molar-refractivity contribution in [1.82, 2.24) is 0 Å². The molecule has 0 aliphatic carbocycles. The number of rotatable bonds is 19. The normalized spacial score (nSPS) is 10.8. The molecule has 0 aromatic heterocycles. The van der Waals surface area contributed by atoms with E-state index in [0.717, 1.165) is 24.2 Å². The van der Waals surface area contributed by atoms with Gasteiger partial charge in [0.25, 0.3) is 0 Å². The maximum atomic E-state index is 11.8. The van der Waals surface area contributed by atoms with Crippen LogP contribution in [-0.4, -0.2) is 19.7 Å². The molecule has 0 saturated carbocycles. The predicted octanol–water partition coefficient (Wildman–Crippen LogP) is 7.65. The van der Waals surface area contributed by atoms with Crippen LogP contribution in [0, 0.1) is 0 Å². The van der Waals surface area contributed by atoms with Crippen molar-refractivity contribution in [1.29, 1.82) is 0 Å². The predicted molar refractivity (Wildman–Crippen MR) is 123 cm³/mol. The molecule has 0 fully saturated rings. The van der Waals surface area contributed by atoms with Gasteiger partial charge in [-0.2, -0.15) is 0 Å². The molecule has 1 aromatic carbocycles. The lowest BCUT2D eigenvalue weighted by Gasteiger charge is -2.06. The third-order valence-corrected chi connectivity index (χ3v) is 5.54. The minimum Gasteiger partial charge on any atom is -0.497 e. The molecule has 1 rings (SSSR count). The van der Waals surface area contributed by atoms with E-state index in [1.54, 1.807) is 7.11 Å². The molecule has 3 nitrogen and oxygen atoms in total. The lowest BCUT2D eigenvalue weighted by molar-refractivity contribution is -0.143. The van der Waals surface area contributed by atoms with Crippen molar-refractivity contribution in [2.45, 2.75) is 110 Å². The summed E-state index contributed by atoms with van der Waals surface area (Å²) in [6.45, 7) is 2.84. The van der Waals surface area contributed by atoms with Crippen molar-refractivity contribution in [3.05, 3.63) is 29.8 Å². The first-order chi connectivity index (χ1) is 14.3. The summed E-state index contributed by atoms with van der Waals surface area (Å²) in [4.78, 5) is 11.8. The van der Waals surface area contributed by atoms with Crippen LogP contribution in [0.5, 0.6) is 5.75 Å². The Balaban J connectivity index is 1.82. The second-order valence-electron chi connectivity index (χ2n) is 8.16. The Morgan fingerprint density at radius 2 is 1.21 bits per heavy atom. The highest BCUT2D eigenvalue weighted by Gasteiger charge is 2.04. The summed E-state index contributed by atoms with van der Waals surface area (Å²) < 4.78 is 10.5. The summed E-state index contributed by atoms with van der Waals surface area (Å²) in [7, 11) is 1.66. The van der Waals surface area contributed by atoms with Gasteiger partial charge in [-0.15, -0.1) is 0 Å². The summed E-state index contributed by atoms with van der Waals surface area (Å²) >= 11 is 0.